The largest absolute Gasteiger partial charge is 0.399 e. The van der Waals surface area contributed by atoms with Gasteiger partial charge in [0, 0.05) is 35.4 Å². The molecule has 0 unspecified atom stereocenters. The fourth-order valence-corrected chi connectivity index (χ4v) is 3.12. The van der Waals surface area contributed by atoms with Gasteiger partial charge in [-0.2, -0.15) is 0 Å². The highest BCUT2D eigenvalue weighted by Crippen LogP contribution is 2.26. The van der Waals surface area contributed by atoms with Crippen LogP contribution in [0.15, 0.2) is 18.2 Å². The second-order valence-electron chi connectivity index (χ2n) is 6.01. The molecular weight excluding hydrogens is 286 g/mol. The number of hydrogen-bond acceptors (Lipinski definition) is 3. The van der Waals surface area contributed by atoms with E-state index < -0.39 is 0 Å². The van der Waals surface area contributed by atoms with E-state index in [0.29, 0.717) is 22.3 Å². The summed E-state index contributed by atoms with van der Waals surface area (Å²) in [6.45, 7) is 1.60. The maximum atomic E-state index is 12.8. The van der Waals surface area contributed by atoms with E-state index in [2.05, 4.69) is 4.90 Å². The average Bonchev–Trinajstić information content (AvgIpc) is 2.91. The number of benzene rings is 1. The number of nitrogens with zero attached hydrogens (tertiary/aromatic N) is 2. The van der Waals surface area contributed by atoms with Gasteiger partial charge in [-0.1, -0.05) is 24.4 Å². The summed E-state index contributed by atoms with van der Waals surface area (Å²) in [5.41, 5.74) is 6.93. The minimum Gasteiger partial charge on any atom is -0.399 e. The molecule has 2 N–H and O–H groups in total. The van der Waals surface area contributed by atoms with Crippen LogP contribution < -0.4 is 5.73 Å². The van der Waals surface area contributed by atoms with Gasteiger partial charge >= 0.3 is 0 Å². The fourth-order valence-electron chi connectivity index (χ4n) is 2.88. The molecule has 0 spiro atoms. The van der Waals surface area contributed by atoms with Crippen molar-refractivity contribution in [1.82, 2.24) is 9.80 Å². The Hall–Kier alpha value is -1.26. The Balaban J connectivity index is 2.19. The van der Waals surface area contributed by atoms with E-state index in [1.165, 1.54) is 12.8 Å². The van der Waals surface area contributed by atoms with E-state index in [0.717, 1.165) is 25.9 Å². The Morgan fingerprint density at radius 3 is 2.48 bits per heavy atom. The summed E-state index contributed by atoms with van der Waals surface area (Å²) < 4.78 is 0. The first-order valence-corrected chi connectivity index (χ1v) is 7.87. The number of hydrogen-bond donors (Lipinski definition) is 1. The lowest BCUT2D eigenvalue weighted by Crippen LogP contribution is -2.42. The van der Waals surface area contributed by atoms with Crippen molar-refractivity contribution < 1.29 is 4.79 Å². The molecule has 0 heterocycles. The van der Waals surface area contributed by atoms with Crippen LogP contribution in [0.2, 0.25) is 5.02 Å². The Morgan fingerprint density at radius 1 is 1.24 bits per heavy atom. The highest BCUT2D eigenvalue weighted by atomic mass is 35.5. The Morgan fingerprint density at radius 2 is 1.90 bits per heavy atom. The van der Waals surface area contributed by atoms with Crippen molar-refractivity contribution in [3.8, 4) is 0 Å². The molecule has 1 aromatic rings. The van der Waals surface area contributed by atoms with Crippen molar-refractivity contribution in [2.75, 3.05) is 32.9 Å². The first kappa shape index (κ1) is 16.1. The van der Waals surface area contributed by atoms with E-state index in [9.17, 15) is 4.79 Å². The zero-order valence-electron chi connectivity index (χ0n) is 12.8. The third-order valence-corrected chi connectivity index (χ3v) is 4.20. The average molecular weight is 310 g/mol. The van der Waals surface area contributed by atoms with Crippen LogP contribution in [0.5, 0.6) is 0 Å². The summed E-state index contributed by atoms with van der Waals surface area (Å²) in [4.78, 5) is 16.9. The predicted octanol–water partition coefficient (Wildman–Crippen LogP) is 2.87. The van der Waals surface area contributed by atoms with Gasteiger partial charge in [0.05, 0.1) is 0 Å². The minimum atomic E-state index is 0.0398. The fraction of sp³-hybridized carbons (Fsp3) is 0.562. The van der Waals surface area contributed by atoms with E-state index in [1.807, 2.05) is 19.0 Å². The van der Waals surface area contributed by atoms with Crippen LogP contribution in [-0.4, -0.2) is 48.9 Å². The molecule has 0 aliphatic heterocycles. The van der Waals surface area contributed by atoms with Crippen molar-refractivity contribution in [1.29, 1.82) is 0 Å². The molecular formula is C16H24ClN3O. The molecule has 0 saturated heterocycles. The molecule has 2 rings (SSSR count). The van der Waals surface area contributed by atoms with Crippen LogP contribution in [0.1, 0.15) is 36.0 Å². The molecule has 0 bridgehead atoms. The number of amides is 1. The van der Waals surface area contributed by atoms with E-state index in [-0.39, 0.29) is 5.91 Å². The Bertz CT molecular complexity index is 478. The Kier molecular flexibility index (Phi) is 5.48. The highest BCUT2D eigenvalue weighted by Gasteiger charge is 2.27. The second kappa shape index (κ2) is 7.14. The summed E-state index contributed by atoms with van der Waals surface area (Å²) in [5, 5.41) is 0.511. The van der Waals surface area contributed by atoms with Crippen molar-refractivity contribution >= 4 is 23.2 Å². The van der Waals surface area contributed by atoms with Crippen molar-refractivity contribution in [3.05, 3.63) is 28.8 Å². The SMILES string of the molecule is CN(C)CCN(C(=O)c1cc(N)cc(Cl)c1)C1CCCC1. The lowest BCUT2D eigenvalue weighted by molar-refractivity contribution is 0.0667. The number of carbonyl (C=O) groups is 1. The third-order valence-electron chi connectivity index (χ3n) is 3.98. The molecule has 1 aliphatic carbocycles. The first-order chi connectivity index (χ1) is 9.97. The van der Waals surface area contributed by atoms with Crippen LogP contribution >= 0.6 is 11.6 Å². The number of nitrogens with two attached hydrogens (primary N) is 1. The maximum Gasteiger partial charge on any atom is 0.254 e. The molecule has 0 atom stereocenters. The van der Waals surface area contributed by atoms with Gasteiger partial charge in [-0.05, 0) is 45.1 Å². The van der Waals surface area contributed by atoms with Gasteiger partial charge in [-0.15, -0.1) is 0 Å². The van der Waals surface area contributed by atoms with Crippen LogP contribution in [0.3, 0.4) is 0 Å². The van der Waals surface area contributed by atoms with E-state index in [4.69, 9.17) is 17.3 Å². The lowest BCUT2D eigenvalue weighted by Gasteiger charge is -2.30. The van der Waals surface area contributed by atoms with Gasteiger partial charge in [0.1, 0.15) is 0 Å². The van der Waals surface area contributed by atoms with Crippen LogP contribution in [0.4, 0.5) is 5.69 Å². The zero-order chi connectivity index (χ0) is 15.4. The summed E-state index contributed by atoms with van der Waals surface area (Å²) in [6, 6.07) is 5.43. The summed E-state index contributed by atoms with van der Waals surface area (Å²) in [6.07, 6.45) is 4.59. The summed E-state index contributed by atoms with van der Waals surface area (Å²) >= 11 is 6.03. The highest BCUT2D eigenvalue weighted by molar-refractivity contribution is 6.31. The molecule has 4 nitrogen and oxygen atoms in total. The number of carbonyl (C=O) groups excluding carboxylic acids is 1. The summed E-state index contributed by atoms with van der Waals surface area (Å²) in [5.74, 6) is 0.0398. The topological polar surface area (TPSA) is 49.6 Å². The molecule has 1 aliphatic rings. The normalized spacial score (nSPS) is 15.6. The summed E-state index contributed by atoms with van der Waals surface area (Å²) in [7, 11) is 4.04. The van der Waals surface area contributed by atoms with E-state index in [1.54, 1.807) is 18.2 Å². The number of rotatable bonds is 5. The van der Waals surface area contributed by atoms with Crippen molar-refractivity contribution in [3.63, 3.8) is 0 Å². The predicted molar refractivity (Wildman–Crippen MR) is 87.7 cm³/mol. The van der Waals surface area contributed by atoms with Crippen LogP contribution in [0.25, 0.3) is 0 Å². The van der Waals surface area contributed by atoms with E-state index >= 15 is 0 Å². The molecule has 5 heteroatoms. The molecule has 0 radical (unpaired) electrons. The monoisotopic (exact) mass is 309 g/mol. The molecule has 1 saturated carbocycles. The smallest absolute Gasteiger partial charge is 0.254 e. The number of halogens is 1. The van der Waals surface area contributed by atoms with Crippen LogP contribution in [0, 0.1) is 0 Å². The second-order valence-corrected chi connectivity index (χ2v) is 6.45. The molecule has 1 fully saturated rings. The van der Waals surface area contributed by atoms with Crippen molar-refractivity contribution in [2.45, 2.75) is 31.7 Å². The number of nitrogen functional groups attached to an aromatic ring is 1. The third kappa shape index (κ3) is 4.35. The molecule has 116 valence electrons. The molecule has 21 heavy (non-hydrogen) atoms. The lowest BCUT2D eigenvalue weighted by atomic mass is 10.1. The van der Waals surface area contributed by atoms with Gasteiger partial charge in [-0.25, -0.2) is 0 Å². The van der Waals surface area contributed by atoms with Gasteiger partial charge < -0.3 is 15.5 Å². The maximum absolute atomic E-state index is 12.8. The number of likely N-dealkylation sites (N-methyl/N-ethyl adjacent to an activating group) is 1. The molecule has 1 aromatic carbocycles. The standard InChI is InChI=1S/C16H24ClN3O/c1-19(2)7-8-20(15-5-3-4-6-15)16(21)12-9-13(17)11-14(18)10-12/h9-11,15H,3-8,18H2,1-2H3. The van der Waals surface area contributed by atoms with Gasteiger partial charge in [0.25, 0.3) is 5.91 Å². The first-order valence-electron chi connectivity index (χ1n) is 7.49. The Labute approximate surface area is 131 Å². The molecule has 0 aromatic heterocycles. The van der Waals surface area contributed by atoms with Gasteiger partial charge in [-0.3, -0.25) is 4.79 Å². The molecule has 1 amide bonds. The quantitative estimate of drug-likeness (QED) is 0.851. The van der Waals surface area contributed by atoms with Gasteiger partial charge in [0.15, 0.2) is 0 Å². The van der Waals surface area contributed by atoms with Crippen LogP contribution in [-0.2, 0) is 0 Å². The van der Waals surface area contributed by atoms with Crippen molar-refractivity contribution in [2.24, 2.45) is 0 Å². The van der Waals surface area contributed by atoms with Gasteiger partial charge in [0.2, 0.25) is 0 Å². The minimum absolute atomic E-state index is 0.0398. The zero-order valence-corrected chi connectivity index (χ0v) is 13.6. The number of anilines is 1.